The number of alkyl halides is 3. The van der Waals surface area contributed by atoms with E-state index < -0.39 is 42.8 Å². The number of hydrogen-bond donors (Lipinski definition) is 1. The van der Waals surface area contributed by atoms with Gasteiger partial charge in [0, 0.05) is 12.1 Å². The van der Waals surface area contributed by atoms with Gasteiger partial charge in [0.05, 0.1) is 31.6 Å². The van der Waals surface area contributed by atoms with E-state index in [0.717, 1.165) is 6.33 Å². The van der Waals surface area contributed by atoms with Crippen LogP contribution in [0.15, 0.2) is 30.6 Å². The molecule has 0 unspecified atom stereocenters. The molecule has 164 valence electrons. The number of halogens is 6. The van der Waals surface area contributed by atoms with Crippen LogP contribution in [0.25, 0.3) is 10.9 Å². The summed E-state index contributed by atoms with van der Waals surface area (Å²) >= 11 is 11.4. The highest BCUT2D eigenvalue weighted by Crippen LogP contribution is 2.38. The molecule has 0 aliphatic rings. The van der Waals surface area contributed by atoms with Crippen LogP contribution in [0.5, 0.6) is 5.75 Å². The van der Waals surface area contributed by atoms with Gasteiger partial charge in [0.2, 0.25) is 5.75 Å². The van der Waals surface area contributed by atoms with Crippen LogP contribution in [0, 0.1) is 15.9 Å². The fraction of sp³-hybridized carbons (Fsp3) is 0.0667. The number of anilines is 2. The van der Waals surface area contributed by atoms with Crippen molar-refractivity contribution < 1.29 is 35.1 Å². The molecule has 0 amide bonds. The Kier molecular flexibility index (Phi) is 5.82. The average Bonchev–Trinajstić information content (AvgIpc) is 2.66. The van der Waals surface area contributed by atoms with Crippen molar-refractivity contribution in [2.24, 2.45) is 0 Å². The Balaban J connectivity index is 2.15. The number of nitrogens with one attached hydrogen (secondary N) is 1. The van der Waals surface area contributed by atoms with Crippen LogP contribution in [0.4, 0.5) is 34.8 Å². The highest BCUT2D eigenvalue weighted by atomic mass is 35.5. The highest BCUT2D eigenvalue weighted by Gasteiger charge is 2.49. The molecular formula is C15H6Cl2F4N4O5S. The zero-order chi connectivity index (χ0) is 23.1. The summed E-state index contributed by atoms with van der Waals surface area (Å²) in [5.41, 5.74) is -7.42. The Bertz CT molecular complexity index is 1320. The van der Waals surface area contributed by atoms with Gasteiger partial charge in [0.1, 0.15) is 12.1 Å². The third-order valence-corrected chi connectivity index (χ3v) is 5.43. The van der Waals surface area contributed by atoms with Gasteiger partial charge in [-0.1, -0.05) is 23.2 Å². The van der Waals surface area contributed by atoms with Gasteiger partial charge in [-0.2, -0.15) is 21.6 Å². The molecule has 0 aliphatic heterocycles. The molecule has 0 atom stereocenters. The van der Waals surface area contributed by atoms with Gasteiger partial charge in [-0.3, -0.25) is 10.1 Å². The highest BCUT2D eigenvalue weighted by molar-refractivity contribution is 7.88. The first-order chi connectivity index (χ1) is 14.3. The summed E-state index contributed by atoms with van der Waals surface area (Å²) in [5, 5.41) is 13.2. The van der Waals surface area contributed by atoms with Crippen molar-refractivity contribution in [3.63, 3.8) is 0 Å². The smallest absolute Gasteiger partial charge is 0.369 e. The molecule has 0 radical (unpaired) electrons. The van der Waals surface area contributed by atoms with Gasteiger partial charge < -0.3 is 9.50 Å². The molecule has 0 aliphatic carbocycles. The minimum Gasteiger partial charge on any atom is -0.369 e. The standard InChI is InChI=1S/C15H6Cl2F4N4O5S/c16-7-1-2-8(13(18)12(7)17)24-14-6-3-10(25(26)27)11(4-9(6)22-5-23-14)30-31(28,29)15(19,20)21/h1-5H,(H,22,23,24). The largest absolute Gasteiger partial charge is 0.534 e. The molecule has 1 heterocycles. The Morgan fingerprint density at radius 1 is 1.16 bits per heavy atom. The topological polar surface area (TPSA) is 124 Å². The molecule has 1 N–H and O–H groups in total. The molecule has 31 heavy (non-hydrogen) atoms. The fourth-order valence-corrected chi connectivity index (χ4v) is 3.07. The molecule has 1 aromatic heterocycles. The van der Waals surface area contributed by atoms with Crippen LogP contribution >= 0.6 is 23.2 Å². The second kappa shape index (κ2) is 7.94. The number of nitro groups is 1. The number of fused-ring (bicyclic) bond motifs is 1. The van der Waals surface area contributed by atoms with E-state index in [-0.39, 0.29) is 27.4 Å². The summed E-state index contributed by atoms with van der Waals surface area (Å²) in [4.78, 5) is 17.7. The lowest BCUT2D eigenvalue weighted by Gasteiger charge is -2.12. The van der Waals surface area contributed by atoms with Gasteiger partial charge in [0.25, 0.3) is 0 Å². The number of nitro benzene ring substituents is 1. The first-order valence-corrected chi connectivity index (χ1v) is 9.82. The monoisotopic (exact) mass is 500 g/mol. The van der Waals surface area contributed by atoms with Crippen LogP contribution < -0.4 is 9.50 Å². The Hall–Kier alpha value is -2.97. The van der Waals surface area contributed by atoms with Crippen molar-refractivity contribution in [3.8, 4) is 5.75 Å². The van der Waals surface area contributed by atoms with Gasteiger partial charge in [-0.15, -0.1) is 0 Å². The summed E-state index contributed by atoms with van der Waals surface area (Å²) in [5.74, 6) is -2.39. The average molecular weight is 501 g/mol. The van der Waals surface area contributed by atoms with Crippen molar-refractivity contribution in [3.05, 3.63) is 56.6 Å². The molecule has 3 aromatic rings. The predicted molar refractivity (Wildman–Crippen MR) is 101 cm³/mol. The number of aromatic nitrogens is 2. The second-order valence-electron chi connectivity index (χ2n) is 5.65. The van der Waals surface area contributed by atoms with Crippen LogP contribution in [0.2, 0.25) is 10.0 Å². The van der Waals surface area contributed by atoms with Crippen molar-refractivity contribution in [2.75, 3.05) is 5.32 Å². The summed E-state index contributed by atoms with van der Waals surface area (Å²) in [6.07, 6.45) is 0.897. The summed E-state index contributed by atoms with van der Waals surface area (Å²) in [6, 6.07) is 3.73. The SMILES string of the molecule is O=[N+]([O-])c1cc2c(Nc3ccc(Cl)c(Cl)c3F)ncnc2cc1OS(=O)(=O)C(F)(F)F. The van der Waals surface area contributed by atoms with Crippen molar-refractivity contribution in [1.82, 2.24) is 9.97 Å². The summed E-state index contributed by atoms with van der Waals surface area (Å²) < 4.78 is 78.5. The molecular weight excluding hydrogens is 495 g/mol. The first kappa shape index (κ1) is 22.7. The molecule has 3 rings (SSSR count). The third kappa shape index (κ3) is 4.40. The maximum Gasteiger partial charge on any atom is 0.534 e. The number of hydrogen-bond acceptors (Lipinski definition) is 8. The predicted octanol–water partition coefficient (Wildman–Crippen LogP) is 4.96. The van der Waals surface area contributed by atoms with Crippen molar-refractivity contribution >= 4 is 61.4 Å². The van der Waals surface area contributed by atoms with Gasteiger partial charge in [-0.05, 0) is 12.1 Å². The molecule has 9 nitrogen and oxygen atoms in total. The van der Waals surface area contributed by atoms with Crippen LogP contribution in [0.1, 0.15) is 0 Å². The third-order valence-electron chi connectivity index (χ3n) is 3.68. The van der Waals surface area contributed by atoms with Crippen LogP contribution in [0.3, 0.4) is 0 Å². The fourth-order valence-electron chi connectivity index (χ4n) is 2.30. The van der Waals surface area contributed by atoms with E-state index in [1.165, 1.54) is 12.1 Å². The van der Waals surface area contributed by atoms with E-state index >= 15 is 0 Å². The Labute approximate surface area is 179 Å². The molecule has 0 bridgehead atoms. The lowest BCUT2D eigenvalue weighted by molar-refractivity contribution is -0.385. The van der Waals surface area contributed by atoms with Gasteiger partial charge >= 0.3 is 21.3 Å². The van der Waals surface area contributed by atoms with E-state index in [4.69, 9.17) is 23.2 Å². The number of benzene rings is 2. The lowest BCUT2D eigenvalue weighted by atomic mass is 10.2. The molecule has 2 aromatic carbocycles. The maximum atomic E-state index is 14.3. The zero-order valence-corrected chi connectivity index (χ0v) is 16.8. The van der Waals surface area contributed by atoms with E-state index in [1.54, 1.807) is 0 Å². The molecule has 0 spiro atoms. The van der Waals surface area contributed by atoms with Crippen LogP contribution in [-0.2, 0) is 10.1 Å². The van der Waals surface area contributed by atoms with E-state index in [1.807, 2.05) is 0 Å². The van der Waals surface area contributed by atoms with Crippen molar-refractivity contribution in [1.29, 1.82) is 0 Å². The second-order valence-corrected chi connectivity index (χ2v) is 7.97. The van der Waals surface area contributed by atoms with E-state index in [2.05, 4.69) is 19.5 Å². The van der Waals surface area contributed by atoms with E-state index in [0.29, 0.717) is 12.1 Å². The molecule has 0 fully saturated rings. The van der Waals surface area contributed by atoms with E-state index in [9.17, 15) is 36.1 Å². The maximum absolute atomic E-state index is 14.3. The molecule has 0 saturated heterocycles. The van der Waals surface area contributed by atoms with Crippen LogP contribution in [-0.4, -0.2) is 28.8 Å². The molecule has 16 heteroatoms. The number of rotatable bonds is 5. The van der Waals surface area contributed by atoms with Gasteiger partial charge in [0.15, 0.2) is 5.82 Å². The zero-order valence-electron chi connectivity index (χ0n) is 14.4. The summed E-state index contributed by atoms with van der Waals surface area (Å²) in [6.45, 7) is 0. The van der Waals surface area contributed by atoms with Gasteiger partial charge in [-0.25, -0.2) is 14.4 Å². The minimum absolute atomic E-state index is 0.0828. The molecule has 0 saturated carbocycles. The van der Waals surface area contributed by atoms with Crippen molar-refractivity contribution in [2.45, 2.75) is 5.51 Å². The Morgan fingerprint density at radius 3 is 2.45 bits per heavy atom. The first-order valence-electron chi connectivity index (χ1n) is 7.66. The quantitative estimate of drug-likeness (QED) is 0.130. The minimum atomic E-state index is -6.19. The Morgan fingerprint density at radius 2 is 1.84 bits per heavy atom. The normalized spacial score (nSPS) is 12.1. The number of nitrogens with zero attached hydrogens (tertiary/aromatic N) is 3. The lowest BCUT2D eigenvalue weighted by Crippen LogP contribution is -2.28. The summed E-state index contributed by atoms with van der Waals surface area (Å²) in [7, 11) is -6.19.